The molecule has 0 aromatic rings. The summed E-state index contributed by atoms with van der Waals surface area (Å²) in [5, 5.41) is 8.63. The number of ether oxygens (including phenoxy) is 2. The molecule has 5 nitrogen and oxygen atoms in total. The van der Waals surface area contributed by atoms with Crippen LogP contribution in [0.1, 0.15) is 51.9 Å². The van der Waals surface area contributed by atoms with E-state index in [-0.39, 0.29) is 29.7 Å². The third kappa shape index (κ3) is 6.30. The third-order valence-electron chi connectivity index (χ3n) is 4.32. The van der Waals surface area contributed by atoms with Crippen molar-refractivity contribution in [3.63, 3.8) is 0 Å². The summed E-state index contributed by atoms with van der Waals surface area (Å²) in [6, 6.07) is 0. The van der Waals surface area contributed by atoms with E-state index in [0.29, 0.717) is 17.6 Å². The molecular formula is C21H30O5. The lowest BCUT2D eigenvalue weighted by Crippen LogP contribution is -2.25. The lowest BCUT2D eigenvalue weighted by molar-refractivity contribution is -0.121. The smallest absolute Gasteiger partial charge is 0.228 e. The summed E-state index contributed by atoms with van der Waals surface area (Å²) in [7, 11) is 2.75. The monoisotopic (exact) mass is 362 g/mol. The number of hydrogen-bond donors (Lipinski definition) is 1. The van der Waals surface area contributed by atoms with Crippen molar-refractivity contribution in [2.75, 3.05) is 20.8 Å². The maximum absolute atomic E-state index is 12.5. The van der Waals surface area contributed by atoms with Crippen molar-refractivity contribution >= 4 is 11.6 Å². The van der Waals surface area contributed by atoms with E-state index in [0.717, 1.165) is 38.5 Å². The van der Waals surface area contributed by atoms with Crippen molar-refractivity contribution < 1.29 is 24.2 Å². The van der Waals surface area contributed by atoms with E-state index in [9.17, 15) is 9.59 Å². The van der Waals surface area contributed by atoms with E-state index >= 15 is 0 Å². The maximum atomic E-state index is 12.5. The van der Waals surface area contributed by atoms with Crippen LogP contribution >= 0.6 is 0 Å². The predicted molar refractivity (Wildman–Crippen MR) is 101 cm³/mol. The Kier molecular flexibility index (Phi) is 10.3. The molecule has 0 bridgehead atoms. The molecule has 0 spiro atoms. The molecule has 0 aliphatic heterocycles. The van der Waals surface area contributed by atoms with Crippen LogP contribution in [0.5, 0.6) is 0 Å². The van der Waals surface area contributed by atoms with Gasteiger partial charge in [-0.15, -0.1) is 0 Å². The Morgan fingerprint density at radius 1 is 0.808 bits per heavy atom. The van der Waals surface area contributed by atoms with E-state index in [1.165, 1.54) is 14.2 Å². The van der Waals surface area contributed by atoms with Crippen LogP contribution in [0.15, 0.2) is 47.0 Å². The van der Waals surface area contributed by atoms with Crippen molar-refractivity contribution in [3.05, 3.63) is 47.0 Å². The Bertz CT molecular complexity index is 608. The normalized spacial score (nSPS) is 15.7. The van der Waals surface area contributed by atoms with E-state index in [1.807, 2.05) is 6.08 Å². The minimum absolute atomic E-state index is 0.00415. The summed E-state index contributed by atoms with van der Waals surface area (Å²) < 4.78 is 10.1. The number of carbonyl (C=O) groups excluding carboxylic acids is 2. The zero-order valence-electron chi connectivity index (χ0n) is 16.0. The molecule has 0 amide bonds. The molecule has 1 aliphatic rings. The van der Waals surface area contributed by atoms with Crippen LogP contribution in [0.25, 0.3) is 0 Å². The molecule has 0 aromatic carbocycles. The molecule has 0 atom stereocenters. The van der Waals surface area contributed by atoms with E-state index in [2.05, 4.69) is 12.2 Å². The van der Waals surface area contributed by atoms with Gasteiger partial charge in [-0.2, -0.15) is 0 Å². The van der Waals surface area contributed by atoms with Crippen LogP contribution in [0.2, 0.25) is 0 Å². The summed E-state index contributed by atoms with van der Waals surface area (Å²) in [5.74, 6) is -0.509. The standard InChI is InChI=1S/C21H30O5/c1-16-17(19(24)21(26-3)20(25-2)18(16)23)14-12-10-8-6-4-5-7-9-11-13-15-22/h4,6,11,13,22H,5,7-10,12,14-15H2,1-3H3/b6-4-,13-11-. The number of aliphatic hydroxyl groups excluding tert-OH is 1. The van der Waals surface area contributed by atoms with Gasteiger partial charge in [-0.3, -0.25) is 9.59 Å². The van der Waals surface area contributed by atoms with E-state index in [4.69, 9.17) is 14.6 Å². The Hall–Kier alpha value is -2.14. The second-order valence-corrected chi connectivity index (χ2v) is 6.13. The zero-order valence-corrected chi connectivity index (χ0v) is 16.0. The Balaban J connectivity index is 2.39. The minimum Gasteiger partial charge on any atom is -0.489 e. The first-order chi connectivity index (χ1) is 12.6. The predicted octanol–water partition coefficient (Wildman–Crippen LogP) is 3.79. The number of aliphatic hydroxyl groups is 1. The van der Waals surface area contributed by atoms with Gasteiger partial charge in [0.1, 0.15) is 0 Å². The number of ketones is 2. The summed E-state index contributed by atoms with van der Waals surface area (Å²) in [5.41, 5.74) is 0.992. The highest BCUT2D eigenvalue weighted by atomic mass is 16.5. The van der Waals surface area contributed by atoms with Gasteiger partial charge in [-0.05, 0) is 51.9 Å². The molecular weight excluding hydrogens is 332 g/mol. The lowest BCUT2D eigenvalue weighted by atomic mass is 9.89. The highest BCUT2D eigenvalue weighted by molar-refractivity contribution is 6.23. The lowest BCUT2D eigenvalue weighted by Gasteiger charge is -2.20. The fourth-order valence-corrected chi connectivity index (χ4v) is 2.84. The summed E-state index contributed by atoms with van der Waals surface area (Å²) in [6.45, 7) is 1.78. The van der Waals surface area contributed by atoms with Crippen molar-refractivity contribution in [2.45, 2.75) is 51.9 Å². The minimum atomic E-state index is -0.269. The van der Waals surface area contributed by atoms with Gasteiger partial charge in [0.15, 0.2) is 0 Å². The van der Waals surface area contributed by atoms with Crippen molar-refractivity contribution in [1.82, 2.24) is 0 Å². The molecule has 0 saturated carbocycles. The summed E-state index contributed by atoms with van der Waals surface area (Å²) in [4.78, 5) is 24.8. The van der Waals surface area contributed by atoms with Gasteiger partial charge in [0.05, 0.1) is 20.8 Å². The molecule has 1 aliphatic carbocycles. The van der Waals surface area contributed by atoms with Crippen LogP contribution in [0, 0.1) is 0 Å². The third-order valence-corrected chi connectivity index (χ3v) is 4.32. The first-order valence-corrected chi connectivity index (χ1v) is 9.10. The summed E-state index contributed by atoms with van der Waals surface area (Å²) >= 11 is 0. The number of allylic oxidation sites excluding steroid dienone is 5. The van der Waals surface area contributed by atoms with Gasteiger partial charge in [-0.1, -0.05) is 24.3 Å². The molecule has 0 saturated heterocycles. The summed E-state index contributed by atoms with van der Waals surface area (Å²) in [6.07, 6.45) is 14.5. The zero-order chi connectivity index (χ0) is 19.4. The maximum Gasteiger partial charge on any atom is 0.228 e. The molecule has 0 radical (unpaired) electrons. The molecule has 144 valence electrons. The number of Topliss-reactive ketones (excluding diaryl/α,β-unsaturated/α-hetero) is 2. The fraction of sp³-hybridized carbons (Fsp3) is 0.524. The highest BCUT2D eigenvalue weighted by Crippen LogP contribution is 2.28. The molecule has 1 N–H and O–H groups in total. The number of unbranched alkanes of at least 4 members (excludes halogenated alkanes) is 4. The molecule has 26 heavy (non-hydrogen) atoms. The van der Waals surface area contributed by atoms with Crippen LogP contribution in [0.4, 0.5) is 0 Å². The number of hydrogen-bond acceptors (Lipinski definition) is 5. The molecule has 1 rings (SSSR count). The number of carbonyl (C=O) groups is 2. The van der Waals surface area contributed by atoms with Crippen LogP contribution in [-0.2, 0) is 19.1 Å². The number of rotatable bonds is 12. The quantitative estimate of drug-likeness (QED) is 0.325. The fourth-order valence-electron chi connectivity index (χ4n) is 2.84. The Morgan fingerprint density at radius 3 is 1.92 bits per heavy atom. The second-order valence-electron chi connectivity index (χ2n) is 6.13. The van der Waals surface area contributed by atoms with Gasteiger partial charge in [-0.25, -0.2) is 0 Å². The second kappa shape index (κ2) is 12.3. The largest absolute Gasteiger partial charge is 0.489 e. The van der Waals surface area contributed by atoms with Crippen molar-refractivity contribution in [3.8, 4) is 0 Å². The SMILES string of the molecule is COC1=C(OC)C(=O)C(CCCC/C=C\CCC/C=C\CO)=C(C)C1=O. The van der Waals surface area contributed by atoms with Gasteiger partial charge in [0.2, 0.25) is 23.1 Å². The van der Waals surface area contributed by atoms with Crippen molar-refractivity contribution in [1.29, 1.82) is 0 Å². The van der Waals surface area contributed by atoms with Gasteiger partial charge >= 0.3 is 0 Å². The van der Waals surface area contributed by atoms with E-state index in [1.54, 1.807) is 13.0 Å². The molecule has 5 heteroatoms. The Morgan fingerprint density at radius 2 is 1.35 bits per heavy atom. The topological polar surface area (TPSA) is 72.8 Å². The van der Waals surface area contributed by atoms with Crippen molar-refractivity contribution in [2.24, 2.45) is 0 Å². The highest BCUT2D eigenvalue weighted by Gasteiger charge is 2.34. The van der Waals surface area contributed by atoms with Crippen LogP contribution in [-0.4, -0.2) is 37.5 Å². The Labute approximate surface area is 156 Å². The first-order valence-electron chi connectivity index (χ1n) is 9.10. The molecule has 0 aromatic heterocycles. The molecule has 0 unspecified atom stereocenters. The van der Waals surface area contributed by atoms with Gasteiger partial charge in [0, 0.05) is 11.1 Å². The first kappa shape index (κ1) is 21.9. The van der Waals surface area contributed by atoms with Gasteiger partial charge < -0.3 is 14.6 Å². The molecule has 0 fully saturated rings. The van der Waals surface area contributed by atoms with Crippen LogP contribution < -0.4 is 0 Å². The van der Waals surface area contributed by atoms with Gasteiger partial charge in [0.25, 0.3) is 0 Å². The number of methoxy groups -OCH3 is 2. The average molecular weight is 362 g/mol. The molecule has 0 heterocycles. The van der Waals surface area contributed by atoms with Crippen LogP contribution in [0.3, 0.4) is 0 Å². The van der Waals surface area contributed by atoms with E-state index < -0.39 is 0 Å². The average Bonchev–Trinajstić information content (AvgIpc) is 2.64.